The summed E-state index contributed by atoms with van der Waals surface area (Å²) in [6, 6.07) is 14.3. The van der Waals surface area contributed by atoms with Crippen molar-refractivity contribution in [1.29, 1.82) is 0 Å². The van der Waals surface area contributed by atoms with Crippen molar-refractivity contribution in [3.8, 4) is 11.3 Å². The summed E-state index contributed by atoms with van der Waals surface area (Å²) in [5.74, 6) is -0.221. The van der Waals surface area contributed by atoms with Crippen LogP contribution in [0.3, 0.4) is 0 Å². The van der Waals surface area contributed by atoms with Crippen molar-refractivity contribution in [2.45, 2.75) is 25.2 Å². The fourth-order valence-corrected chi connectivity index (χ4v) is 4.73. The van der Waals surface area contributed by atoms with Gasteiger partial charge in [-0.1, -0.05) is 35.9 Å². The molecule has 1 N–H and O–H groups in total. The van der Waals surface area contributed by atoms with E-state index in [1.165, 1.54) is 37.6 Å². The number of amides is 1. The molecule has 0 fully saturated rings. The minimum atomic E-state index is -3.56. The molecule has 2 aromatic carbocycles. The molecule has 0 spiro atoms. The molecular weight excluding hydrogens is 406 g/mol. The number of aromatic nitrogens is 1. The average Bonchev–Trinajstić information content (AvgIpc) is 3.02. The van der Waals surface area contributed by atoms with Crippen molar-refractivity contribution in [2.24, 2.45) is 0 Å². The number of hydrogen-bond acceptors (Lipinski definition) is 5. The fraction of sp³-hybridized carbons (Fsp3) is 0.238. The highest BCUT2D eigenvalue weighted by Crippen LogP contribution is 2.29. The maximum Gasteiger partial charge on any atom is 0.242 e. The molecule has 3 aromatic rings. The molecule has 0 aliphatic rings. The van der Waals surface area contributed by atoms with Gasteiger partial charge in [-0.15, -0.1) is 11.3 Å². The molecule has 6 nitrogen and oxygen atoms in total. The van der Waals surface area contributed by atoms with Crippen molar-refractivity contribution < 1.29 is 13.2 Å². The highest BCUT2D eigenvalue weighted by molar-refractivity contribution is 7.89. The number of rotatable bonds is 6. The van der Waals surface area contributed by atoms with Crippen LogP contribution in [0.15, 0.2) is 53.4 Å². The van der Waals surface area contributed by atoms with Gasteiger partial charge < -0.3 is 5.32 Å². The number of sulfonamides is 1. The third kappa shape index (κ3) is 4.90. The summed E-state index contributed by atoms with van der Waals surface area (Å²) in [5.41, 5.74) is 3.39. The number of anilines is 1. The van der Waals surface area contributed by atoms with Crippen LogP contribution in [-0.4, -0.2) is 37.7 Å². The molecule has 1 aromatic heterocycles. The standard InChI is InChI=1S/C21H23N3O3S2/c1-14-8-10-16(11-9-14)21-19(28-15(2)22-21)13-20(25)23-17-6-5-7-18(12-17)29(26,27)24(3)4/h5-12H,13H2,1-4H3,(H,23,25). The summed E-state index contributed by atoms with van der Waals surface area (Å²) < 4.78 is 25.7. The van der Waals surface area contributed by atoms with Crippen molar-refractivity contribution in [2.75, 3.05) is 19.4 Å². The molecule has 1 heterocycles. The number of nitrogens with one attached hydrogen (secondary N) is 1. The summed E-state index contributed by atoms with van der Waals surface area (Å²) in [6.07, 6.45) is 0.166. The van der Waals surface area contributed by atoms with Crippen molar-refractivity contribution >= 4 is 33.0 Å². The zero-order valence-electron chi connectivity index (χ0n) is 16.8. The van der Waals surface area contributed by atoms with E-state index in [4.69, 9.17) is 0 Å². The monoisotopic (exact) mass is 429 g/mol. The molecule has 0 saturated heterocycles. The molecule has 8 heteroatoms. The van der Waals surface area contributed by atoms with Crippen molar-refractivity contribution in [3.05, 3.63) is 64.0 Å². The molecule has 0 unspecified atom stereocenters. The second-order valence-electron chi connectivity index (χ2n) is 6.91. The first-order chi connectivity index (χ1) is 13.7. The van der Waals surface area contributed by atoms with Gasteiger partial charge in [0, 0.05) is 30.2 Å². The molecule has 0 atom stereocenters. The second-order valence-corrected chi connectivity index (χ2v) is 10.4. The third-order valence-electron chi connectivity index (χ3n) is 4.35. The Kier molecular flexibility index (Phi) is 6.16. The molecule has 0 saturated carbocycles. The van der Waals surface area contributed by atoms with E-state index in [-0.39, 0.29) is 17.2 Å². The lowest BCUT2D eigenvalue weighted by molar-refractivity contribution is -0.115. The van der Waals surface area contributed by atoms with Crippen LogP contribution in [0.1, 0.15) is 15.4 Å². The summed E-state index contributed by atoms with van der Waals surface area (Å²) >= 11 is 1.49. The molecular formula is C21H23N3O3S2. The molecule has 0 radical (unpaired) electrons. The SMILES string of the molecule is Cc1ccc(-c2nc(C)sc2CC(=O)Nc2cccc(S(=O)(=O)N(C)C)c2)cc1. The van der Waals surface area contributed by atoms with E-state index in [0.717, 1.165) is 31.0 Å². The summed E-state index contributed by atoms with van der Waals surface area (Å²) in [5, 5.41) is 3.69. The second kappa shape index (κ2) is 8.44. The van der Waals surface area contributed by atoms with Gasteiger partial charge in [-0.2, -0.15) is 0 Å². The van der Waals surface area contributed by atoms with Crippen LogP contribution in [0.4, 0.5) is 5.69 Å². The van der Waals surface area contributed by atoms with Gasteiger partial charge >= 0.3 is 0 Å². The number of carbonyl (C=O) groups excluding carboxylic acids is 1. The summed E-state index contributed by atoms with van der Waals surface area (Å²) in [4.78, 5) is 18.2. The van der Waals surface area contributed by atoms with Gasteiger partial charge in [0.2, 0.25) is 15.9 Å². The molecule has 1 amide bonds. The Bertz CT molecular complexity index is 1130. The first-order valence-electron chi connectivity index (χ1n) is 9.02. The Morgan fingerprint density at radius 1 is 1.10 bits per heavy atom. The van der Waals surface area contributed by atoms with Gasteiger partial charge in [0.1, 0.15) is 0 Å². The molecule has 29 heavy (non-hydrogen) atoms. The topological polar surface area (TPSA) is 79.4 Å². The Labute approximate surface area is 175 Å². The Morgan fingerprint density at radius 2 is 1.79 bits per heavy atom. The number of nitrogens with zero attached hydrogens (tertiary/aromatic N) is 2. The van der Waals surface area contributed by atoms with Gasteiger partial charge in [0.05, 0.1) is 22.0 Å². The molecule has 0 bridgehead atoms. The molecule has 0 aliphatic carbocycles. The van der Waals surface area contributed by atoms with Crippen LogP contribution in [0.25, 0.3) is 11.3 Å². The Balaban J connectivity index is 1.80. The average molecular weight is 430 g/mol. The number of hydrogen-bond donors (Lipinski definition) is 1. The van der Waals surface area contributed by atoms with Crippen molar-refractivity contribution in [3.63, 3.8) is 0 Å². The van der Waals surface area contributed by atoms with E-state index < -0.39 is 10.0 Å². The lowest BCUT2D eigenvalue weighted by atomic mass is 10.1. The predicted octanol–water partition coefficient (Wildman–Crippen LogP) is 3.86. The number of thiazole rings is 1. The Hall–Kier alpha value is -2.55. The highest BCUT2D eigenvalue weighted by atomic mass is 32.2. The smallest absolute Gasteiger partial charge is 0.242 e. The van der Waals surface area contributed by atoms with E-state index in [2.05, 4.69) is 10.3 Å². The van der Waals surface area contributed by atoms with Crippen LogP contribution in [-0.2, 0) is 21.2 Å². The number of benzene rings is 2. The van der Waals surface area contributed by atoms with E-state index in [0.29, 0.717) is 5.69 Å². The van der Waals surface area contributed by atoms with Gasteiger partial charge in [-0.25, -0.2) is 17.7 Å². The molecule has 152 valence electrons. The number of aryl methyl sites for hydroxylation is 2. The minimum absolute atomic E-state index is 0.134. The maximum absolute atomic E-state index is 12.6. The van der Waals surface area contributed by atoms with Crippen LogP contribution in [0.2, 0.25) is 0 Å². The summed E-state index contributed by atoms with van der Waals surface area (Å²) in [6.45, 7) is 3.94. The van der Waals surface area contributed by atoms with E-state index in [1.54, 1.807) is 12.1 Å². The van der Waals surface area contributed by atoms with Crippen LogP contribution < -0.4 is 5.32 Å². The lowest BCUT2D eigenvalue weighted by Gasteiger charge is -2.12. The molecule has 0 aliphatic heterocycles. The first-order valence-corrected chi connectivity index (χ1v) is 11.3. The zero-order valence-corrected chi connectivity index (χ0v) is 18.4. The fourth-order valence-electron chi connectivity index (χ4n) is 2.82. The molecule has 3 rings (SSSR count). The van der Waals surface area contributed by atoms with Crippen LogP contribution in [0.5, 0.6) is 0 Å². The van der Waals surface area contributed by atoms with Crippen LogP contribution in [0, 0.1) is 13.8 Å². The number of carbonyl (C=O) groups is 1. The quantitative estimate of drug-likeness (QED) is 0.645. The maximum atomic E-state index is 12.6. The van der Waals surface area contributed by atoms with E-state index in [1.807, 2.05) is 38.1 Å². The lowest BCUT2D eigenvalue weighted by Crippen LogP contribution is -2.22. The van der Waals surface area contributed by atoms with Crippen LogP contribution >= 0.6 is 11.3 Å². The summed E-state index contributed by atoms with van der Waals surface area (Å²) in [7, 11) is -0.620. The van der Waals surface area contributed by atoms with Gasteiger partial charge in [0.25, 0.3) is 0 Å². The Morgan fingerprint density at radius 3 is 2.45 bits per heavy atom. The normalized spacial score (nSPS) is 11.6. The van der Waals surface area contributed by atoms with Gasteiger partial charge in [0.15, 0.2) is 0 Å². The minimum Gasteiger partial charge on any atom is -0.326 e. The van der Waals surface area contributed by atoms with E-state index >= 15 is 0 Å². The first kappa shape index (κ1) is 21.2. The van der Waals surface area contributed by atoms with E-state index in [9.17, 15) is 13.2 Å². The van der Waals surface area contributed by atoms with Gasteiger partial charge in [-0.3, -0.25) is 4.79 Å². The largest absolute Gasteiger partial charge is 0.326 e. The highest BCUT2D eigenvalue weighted by Gasteiger charge is 2.19. The van der Waals surface area contributed by atoms with Crippen molar-refractivity contribution in [1.82, 2.24) is 9.29 Å². The predicted molar refractivity (Wildman–Crippen MR) is 117 cm³/mol. The van der Waals surface area contributed by atoms with Gasteiger partial charge in [-0.05, 0) is 32.0 Å². The third-order valence-corrected chi connectivity index (χ3v) is 7.13. The zero-order chi connectivity index (χ0) is 21.2.